The van der Waals surface area contributed by atoms with Crippen molar-refractivity contribution < 1.29 is 15.3 Å². The maximum absolute atomic E-state index is 8.93. The predicted molar refractivity (Wildman–Crippen MR) is 31.9 cm³/mol. The van der Waals surface area contributed by atoms with Crippen molar-refractivity contribution in [2.75, 3.05) is 0 Å². The number of aliphatic hydroxyl groups excluding tert-OH is 3. The molecule has 0 spiro atoms. The van der Waals surface area contributed by atoms with Gasteiger partial charge >= 0.3 is 0 Å². The average Bonchev–Trinajstić information content (AvgIpc) is 1.59. The number of hydrogen-bond donors (Lipinski definition) is 3. The first kappa shape index (κ1) is 6.99. The summed E-state index contributed by atoms with van der Waals surface area (Å²) >= 11 is 0. The molecule has 0 unspecified atom stereocenters. The molecule has 0 aliphatic heterocycles. The van der Waals surface area contributed by atoms with Crippen molar-refractivity contribution >= 4 is 0 Å². The van der Waals surface area contributed by atoms with E-state index in [2.05, 4.69) is 0 Å². The molecule has 1 fully saturated rings. The fourth-order valence-corrected chi connectivity index (χ4v) is 1.23. The van der Waals surface area contributed by atoms with Crippen LogP contribution in [0.1, 0.15) is 19.3 Å². The van der Waals surface area contributed by atoms with Crippen LogP contribution in [0.3, 0.4) is 0 Å². The Bertz CT molecular complexity index is 69.3. The van der Waals surface area contributed by atoms with Gasteiger partial charge in [0.2, 0.25) is 0 Å². The fraction of sp³-hybridized carbons (Fsp3) is 1.00. The highest BCUT2D eigenvalue weighted by Gasteiger charge is 2.24. The Hall–Kier alpha value is -0.120. The van der Waals surface area contributed by atoms with E-state index in [0.717, 1.165) is 0 Å². The quantitative estimate of drug-likeness (QED) is 0.406. The summed E-state index contributed by atoms with van der Waals surface area (Å²) in [5, 5.41) is 26.8. The van der Waals surface area contributed by atoms with Crippen LogP contribution in [-0.2, 0) is 0 Å². The molecule has 1 aliphatic carbocycles. The normalized spacial score (nSPS) is 45.0. The van der Waals surface area contributed by atoms with Crippen LogP contribution in [0, 0.1) is 0 Å². The van der Waals surface area contributed by atoms with E-state index in [9.17, 15) is 0 Å². The standard InChI is InChI=1S/C6H12O3/c7-4-1-5(8)3-6(9)2-4/h4-9H,1-3H2/t4-,5+,6-. The monoisotopic (exact) mass is 132 g/mol. The van der Waals surface area contributed by atoms with Crippen molar-refractivity contribution in [1.82, 2.24) is 0 Å². The highest BCUT2D eigenvalue weighted by molar-refractivity contribution is 4.76. The minimum atomic E-state index is -0.510. The molecule has 54 valence electrons. The summed E-state index contributed by atoms with van der Waals surface area (Å²) in [6.45, 7) is 0. The van der Waals surface area contributed by atoms with Crippen molar-refractivity contribution in [2.24, 2.45) is 0 Å². The molecular formula is C6H12O3. The first-order chi connectivity index (χ1) is 4.18. The molecule has 3 nitrogen and oxygen atoms in total. The summed E-state index contributed by atoms with van der Waals surface area (Å²) in [6.07, 6.45) is -0.290. The second kappa shape index (κ2) is 2.64. The van der Waals surface area contributed by atoms with E-state index < -0.39 is 18.3 Å². The minimum absolute atomic E-state index is 0.414. The van der Waals surface area contributed by atoms with E-state index in [0.29, 0.717) is 19.3 Å². The molecule has 1 rings (SSSR count). The average molecular weight is 132 g/mol. The molecule has 0 aromatic carbocycles. The molecule has 0 aromatic heterocycles. The third kappa shape index (κ3) is 1.93. The lowest BCUT2D eigenvalue weighted by atomic mass is 9.93. The van der Waals surface area contributed by atoms with Crippen LogP contribution in [0.4, 0.5) is 0 Å². The first-order valence-corrected chi connectivity index (χ1v) is 3.22. The molecule has 0 saturated heterocycles. The highest BCUT2D eigenvalue weighted by atomic mass is 16.3. The molecule has 0 amide bonds. The van der Waals surface area contributed by atoms with Crippen molar-refractivity contribution in [3.63, 3.8) is 0 Å². The lowest BCUT2D eigenvalue weighted by molar-refractivity contribution is -0.0247. The van der Waals surface area contributed by atoms with E-state index in [1.807, 2.05) is 0 Å². The maximum Gasteiger partial charge on any atom is 0.0589 e. The van der Waals surface area contributed by atoms with Gasteiger partial charge in [0.25, 0.3) is 0 Å². The first-order valence-electron chi connectivity index (χ1n) is 3.22. The Morgan fingerprint density at radius 3 is 1.11 bits per heavy atom. The van der Waals surface area contributed by atoms with Gasteiger partial charge in [-0.3, -0.25) is 0 Å². The van der Waals surface area contributed by atoms with Crippen LogP contribution in [0.15, 0.2) is 0 Å². The molecule has 0 aromatic rings. The molecule has 0 radical (unpaired) electrons. The van der Waals surface area contributed by atoms with Gasteiger partial charge in [-0.25, -0.2) is 0 Å². The zero-order valence-corrected chi connectivity index (χ0v) is 5.20. The Balaban J connectivity index is 2.34. The molecule has 0 heterocycles. The Labute approximate surface area is 53.9 Å². The molecule has 0 atom stereocenters. The zero-order valence-electron chi connectivity index (χ0n) is 5.20. The van der Waals surface area contributed by atoms with Crippen molar-refractivity contribution in [1.29, 1.82) is 0 Å². The number of aliphatic hydroxyl groups is 3. The number of hydrogen-bond acceptors (Lipinski definition) is 3. The predicted octanol–water partition coefficient (Wildman–Crippen LogP) is -0.747. The van der Waals surface area contributed by atoms with Crippen LogP contribution in [0.25, 0.3) is 0 Å². The van der Waals surface area contributed by atoms with Crippen molar-refractivity contribution in [3.05, 3.63) is 0 Å². The van der Waals surface area contributed by atoms with Crippen LogP contribution >= 0.6 is 0 Å². The highest BCUT2D eigenvalue weighted by Crippen LogP contribution is 2.18. The summed E-state index contributed by atoms with van der Waals surface area (Å²) < 4.78 is 0. The van der Waals surface area contributed by atoms with Crippen LogP contribution < -0.4 is 0 Å². The largest absolute Gasteiger partial charge is 0.393 e. The third-order valence-electron chi connectivity index (χ3n) is 1.63. The van der Waals surface area contributed by atoms with Crippen LogP contribution in [0.2, 0.25) is 0 Å². The fourth-order valence-electron chi connectivity index (χ4n) is 1.23. The Kier molecular flexibility index (Phi) is 2.05. The van der Waals surface area contributed by atoms with E-state index in [-0.39, 0.29) is 0 Å². The number of rotatable bonds is 0. The third-order valence-corrected chi connectivity index (χ3v) is 1.63. The smallest absolute Gasteiger partial charge is 0.0589 e. The summed E-state index contributed by atoms with van der Waals surface area (Å²) in [6, 6.07) is 0. The van der Waals surface area contributed by atoms with Gasteiger partial charge in [-0.1, -0.05) is 0 Å². The van der Waals surface area contributed by atoms with Crippen molar-refractivity contribution in [3.8, 4) is 0 Å². The summed E-state index contributed by atoms with van der Waals surface area (Å²) in [7, 11) is 0. The van der Waals surface area contributed by atoms with Gasteiger partial charge in [-0.05, 0) is 19.3 Å². The van der Waals surface area contributed by atoms with E-state index in [1.165, 1.54) is 0 Å². The topological polar surface area (TPSA) is 60.7 Å². The Morgan fingerprint density at radius 2 is 0.889 bits per heavy atom. The molecule has 9 heavy (non-hydrogen) atoms. The lowest BCUT2D eigenvalue weighted by Gasteiger charge is -2.25. The van der Waals surface area contributed by atoms with Gasteiger partial charge in [0.05, 0.1) is 18.3 Å². The summed E-state index contributed by atoms with van der Waals surface area (Å²) in [5.41, 5.74) is 0. The Morgan fingerprint density at radius 1 is 0.667 bits per heavy atom. The van der Waals surface area contributed by atoms with Gasteiger partial charge in [0.1, 0.15) is 0 Å². The van der Waals surface area contributed by atoms with E-state index >= 15 is 0 Å². The zero-order chi connectivity index (χ0) is 6.85. The minimum Gasteiger partial charge on any atom is -0.393 e. The van der Waals surface area contributed by atoms with Gasteiger partial charge in [0, 0.05) is 0 Å². The van der Waals surface area contributed by atoms with Crippen molar-refractivity contribution in [2.45, 2.75) is 37.6 Å². The van der Waals surface area contributed by atoms with Crippen LogP contribution in [-0.4, -0.2) is 33.6 Å². The summed E-state index contributed by atoms with van der Waals surface area (Å²) in [5.74, 6) is 0. The molecular weight excluding hydrogens is 120 g/mol. The van der Waals surface area contributed by atoms with Gasteiger partial charge in [-0.2, -0.15) is 0 Å². The van der Waals surface area contributed by atoms with Gasteiger partial charge < -0.3 is 15.3 Å². The molecule has 3 heteroatoms. The second-order valence-electron chi connectivity index (χ2n) is 2.67. The van der Waals surface area contributed by atoms with E-state index in [4.69, 9.17) is 15.3 Å². The van der Waals surface area contributed by atoms with E-state index in [1.54, 1.807) is 0 Å². The molecule has 1 saturated carbocycles. The molecule has 1 aliphatic rings. The van der Waals surface area contributed by atoms with Gasteiger partial charge in [-0.15, -0.1) is 0 Å². The maximum atomic E-state index is 8.93. The second-order valence-corrected chi connectivity index (χ2v) is 2.67. The summed E-state index contributed by atoms with van der Waals surface area (Å²) in [4.78, 5) is 0. The van der Waals surface area contributed by atoms with Gasteiger partial charge in [0.15, 0.2) is 0 Å². The van der Waals surface area contributed by atoms with Crippen LogP contribution in [0.5, 0.6) is 0 Å². The SMILES string of the molecule is O[C@H]1C[C@@H](O)C[C@@H](O)C1. The lowest BCUT2D eigenvalue weighted by Crippen LogP contribution is -2.32. The molecule has 3 N–H and O–H groups in total. The molecule has 0 bridgehead atoms.